The molecule has 0 saturated heterocycles. The Kier molecular flexibility index (Phi) is 7.59. The molecule has 0 saturated carbocycles. The molecule has 0 bridgehead atoms. The van der Waals surface area contributed by atoms with E-state index in [1.165, 1.54) is 52.5 Å². The summed E-state index contributed by atoms with van der Waals surface area (Å²) >= 11 is 1.79. The maximum Gasteiger partial charge on any atom is 0.166 e. The molecule has 0 N–H and O–H groups in total. The summed E-state index contributed by atoms with van der Waals surface area (Å²) in [7, 11) is 0. The molecule has 0 radical (unpaired) electrons. The Morgan fingerprint density at radius 2 is 0.925 bits per heavy atom. The smallest absolute Gasteiger partial charge is 0.166 e. The lowest BCUT2D eigenvalue weighted by atomic mass is 10.0. The van der Waals surface area contributed by atoms with E-state index in [1.54, 1.807) is 11.3 Å². The van der Waals surface area contributed by atoms with Gasteiger partial charge in [-0.3, -0.25) is 0 Å². The summed E-state index contributed by atoms with van der Waals surface area (Å²) in [4.78, 5) is 16.3. The number of hydrogen-bond acceptors (Lipinski definition) is 5. The molecule has 67 heavy (non-hydrogen) atoms. The Bertz CT molecular complexity index is 4600. The average molecular weight is 871 g/mol. The van der Waals surface area contributed by atoms with Crippen molar-refractivity contribution in [2.75, 3.05) is 0 Å². The molecular formula is C61H34N4OS. The molecule has 15 aromatic rings. The number of nitrogens with zero attached hydrogens (tertiary/aromatic N) is 4. The molecule has 0 aliphatic carbocycles. The lowest BCUT2D eigenvalue weighted by Gasteiger charge is -2.16. The van der Waals surface area contributed by atoms with E-state index in [0.717, 1.165) is 76.9 Å². The predicted octanol–water partition coefficient (Wildman–Crippen LogP) is 16.8. The number of hydrogen-bond donors (Lipinski definition) is 0. The molecule has 0 fully saturated rings. The van der Waals surface area contributed by atoms with Crippen LogP contribution in [0.5, 0.6) is 0 Å². The van der Waals surface area contributed by atoms with Crippen molar-refractivity contribution < 1.29 is 4.42 Å². The van der Waals surface area contributed by atoms with Crippen molar-refractivity contribution >= 4 is 118 Å². The van der Waals surface area contributed by atoms with Crippen LogP contribution in [-0.2, 0) is 0 Å². The van der Waals surface area contributed by atoms with Gasteiger partial charge in [0.1, 0.15) is 11.2 Å². The van der Waals surface area contributed by atoms with Crippen molar-refractivity contribution in [1.82, 2.24) is 19.5 Å². The number of fused-ring (bicyclic) bond motifs is 15. The minimum absolute atomic E-state index is 0.558. The topological polar surface area (TPSA) is 56.7 Å². The van der Waals surface area contributed by atoms with E-state index in [-0.39, 0.29) is 0 Å². The quantitative estimate of drug-likeness (QED) is 0.177. The third-order valence-electron chi connectivity index (χ3n) is 13.8. The summed E-state index contributed by atoms with van der Waals surface area (Å²) < 4.78 is 11.9. The van der Waals surface area contributed by atoms with Crippen LogP contribution in [0.15, 0.2) is 211 Å². The number of benzene rings is 11. The van der Waals surface area contributed by atoms with Gasteiger partial charge < -0.3 is 8.98 Å². The summed E-state index contributed by atoms with van der Waals surface area (Å²) in [6, 6.07) is 74.0. The van der Waals surface area contributed by atoms with Crippen LogP contribution in [0.1, 0.15) is 0 Å². The van der Waals surface area contributed by atoms with Crippen LogP contribution in [0.4, 0.5) is 0 Å². The van der Waals surface area contributed by atoms with Gasteiger partial charge in [-0.2, -0.15) is 0 Å². The van der Waals surface area contributed by atoms with Crippen molar-refractivity contribution in [3.05, 3.63) is 206 Å². The molecule has 0 aliphatic rings. The monoisotopic (exact) mass is 870 g/mol. The normalized spacial score (nSPS) is 12.2. The first kappa shape index (κ1) is 36.6. The Morgan fingerprint density at radius 3 is 1.73 bits per heavy atom. The zero-order valence-electron chi connectivity index (χ0n) is 35.7. The van der Waals surface area contributed by atoms with Gasteiger partial charge in [0.2, 0.25) is 0 Å². The van der Waals surface area contributed by atoms with Gasteiger partial charge in [0.15, 0.2) is 17.5 Å². The summed E-state index contributed by atoms with van der Waals surface area (Å²) in [6.45, 7) is 0. The second-order valence-electron chi connectivity index (χ2n) is 17.5. The molecule has 310 valence electrons. The SMILES string of the molecule is c1ccc2cc(-c3nc(-c4ccc5c(c4)sc4ccccc45)nc(-c4cc5oc6c7ccccc7ccc6c5cc4-n4c5cc6ccccc6cc5c5ccc6ccccc6c54)n3)ccc2c1. The van der Waals surface area contributed by atoms with Gasteiger partial charge in [-0.05, 0) is 80.8 Å². The first-order valence-electron chi connectivity index (χ1n) is 22.6. The van der Waals surface area contributed by atoms with Crippen molar-refractivity contribution in [1.29, 1.82) is 0 Å². The Balaban J connectivity index is 1.09. The minimum Gasteiger partial charge on any atom is -0.455 e. The lowest BCUT2D eigenvalue weighted by molar-refractivity contribution is 0.672. The van der Waals surface area contributed by atoms with Gasteiger partial charge in [0, 0.05) is 69.2 Å². The summed E-state index contributed by atoms with van der Waals surface area (Å²) in [5.41, 5.74) is 7.49. The standard InChI is InChI=1S/C61H34N4OS/c1-2-14-38-29-41(22-21-35(38)11-1)59-62-60(42-25-26-46-45-19-9-10-20-55(45)67-56(46)32-42)64-61(63-59)51-34-54-50(48-28-24-37-13-6-8-18-44(37)58(48)66-54)33-53(51)65-52-31-40-16-4-3-15-39(40)30-49(52)47-27-23-36-12-5-7-17-43(36)57(47)65/h1-34H. The van der Waals surface area contributed by atoms with Gasteiger partial charge in [-0.25, -0.2) is 15.0 Å². The molecule has 0 atom stereocenters. The van der Waals surface area contributed by atoms with Crippen LogP contribution in [0.3, 0.4) is 0 Å². The molecule has 0 spiro atoms. The fraction of sp³-hybridized carbons (Fsp3) is 0. The zero-order valence-corrected chi connectivity index (χ0v) is 36.6. The molecule has 0 amide bonds. The van der Waals surface area contributed by atoms with E-state index in [2.05, 4.69) is 211 Å². The summed E-state index contributed by atoms with van der Waals surface area (Å²) in [5.74, 6) is 1.76. The van der Waals surface area contributed by atoms with E-state index in [0.29, 0.717) is 17.5 Å². The van der Waals surface area contributed by atoms with Crippen molar-refractivity contribution in [2.45, 2.75) is 0 Å². The third kappa shape index (κ3) is 5.51. The van der Waals surface area contributed by atoms with Crippen LogP contribution < -0.4 is 0 Å². The summed E-state index contributed by atoms with van der Waals surface area (Å²) in [5, 5.41) is 16.1. The van der Waals surface area contributed by atoms with E-state index in [9.17, 15) is 0 Å². The van der Waals surface area contributed by atoms with Crippen LogP contribution in [0, 0.1) is 0 Å². The molecule has 4 heterocycles. The van der Waals surface area contributed by atoms with Crippen molar-refractivity contribution in [3.63, 3.8) is 0 Å². The molecule has 15 rings (SSSR count). The van der Waals surface area contributed by atoms with Gasteiger partial charge in [0.05, 0.1) is 16.7 Å². The number of furan rings is 1. The number of aromatic nitrogens is 4. The van der Waals surface area contributed by atoms with E-state index >= 15 is 0 Å². The predicted molar refractivity (Wildman–Crippen MR) is 281 cm³/mol. The summed E-state index contributed by atoms with van der Waals surface area (Å²) in [6.07, 6.45) is 0. The minimum atomic E-state index is 0.558. The molecule has 11 aromatic carbocycles. The third-order valence-corrected chi connectivity index (χ3v) is 14.9. The fourth-order valence-corrected chi connectivity index (χ4v) is 11.7. The van der Waals surface area contributed by atoms with Crippen LogP contribution in [0.2, 0.25) is 0 Å². The maximum absolute atomic E-state index is 6.98. The number of thiophene rings is 1. The highest BCUT2D eigenvalue weighted by Crippen LogP contribution is 2.45. The van der Waals surface area contributed by atoms with E-state index in [1.807, 2.05) is 0 Å². The number of rotatable bonds is 4. The second-order valence-corrected chi connectivity index (χ2v) is 18.6. The molecular weight excluding hydrogens is 837 g/mol. The molecule has 0 aliphatic heterocycles. The molecule has 6 heteroatoms. The second kappa shape index (κ2) is 13.9. The van der Waals surface area contributed by atoms with Gasteiger partial charge in [-0.1, -0.05) is 158 Å². The fourth-order valence-electron chi connectivity index (χ4n) is 10.6. The van der Waals surface area contributed by atoms with Crippen molar-refractivity contribution in [3.8, 4) is 39.9 Å². The Morgan fingerprint density at radius 1 is 0.358 bits per heavy atom. The highest BCUT2D eigenvalue weighted by molar-refractivity contribution is 7.25. The Labute approximate surface area is 386 Å². The Hall–Kier alpha value is -8.71. The molecule has 4 aromatic heterocycles. The first-order valence-corrected chi connectivity index (χ1v) is 23.4. The van der Waals surface area contributed by atoms with Gasteiger partial charge in [0.25, 0.3) is 0 Å². The maximum atomic E-state index is 6.98. The van der Waals surface area contributed by atoms with Gasteiger partial charge in [-0.15, -0.1) is 11.3 Å². The largest absolute Gasteiger partial charge is 0.455 e. The molecule has 0 unspecified atom stereocenters. The highest BCUT2D eigenvalue weighted by Gasteiger charge is 2.24. The van der Waals surface area contributed by atoms with Crippen molar-refractivity contribution in [2.24, 2.45) is 0 Å². The van der Waals surface area contributed by atoms with Gasteiger partial charge >= 0.3 is 0 Å². The van der Waals surface area contributed by atoms with Crippen LogP contribution in [-0.4, -0.2) is 19.5 Å². The van der Waals surface area contributed by atoms with Crippen LogP contribution >= 0.6 is 11.3 Å². The van der Waals surface area contributed by atoms with E-state index in [4.69, 9.17) is 19.4 Å². The lowest BCUT2D eigenvalue weighted by Crippen LogP contribution is -2.04. The zero-order chi connectivity index (χ0) is 43.7. The first-order chi connectivity index (χ1) is 33.2. The average Bonchev–Trinajstić information content (AvgIpc) is 4.06. The van der Waals surface area contributed by atoms with Crippen LogP contribution in [0.25, 0.3) is 147 Å². The molecule has 5 nitrogen and oxygen atoms in total. The van der Waals surface area contributed by atoms with E-state index < -0.39 is 0 Å². The highest BCUT2D eigenvalue weighted by atomic mass is 32.1.